The molecule has 1 aliphatic heterocycles. The molecule has 0 radical (unpaired) electrons. The summed E-state index contributed by atoms with van der Waals surface area (Å²) in [5, 5.41) is 3.44. The van der Waals surface area contributed by atoms with Crippen LogP contribution in [0.25, 0.3) is 0 Å². The molecule has 3 heterocycles. The second-order valence-electron chi connectivity index (χ2n) is 6.43. The molecular formula is C16H20F3N5O. The predicted molar refractivity (Wildman–Crippen MR) is 83.7 cm³/mol. The van der Waals surface area contributed by atoms with E-state index in [2.05, 4.69) is 10.1 Å². The van der Waals surface area contributed by atoms with Crippen LogP contribution in [-0.4, -0.2) is 43.2 Å². The summed E-state index contributed by atoms with van der Waals surface area (Å²) in [6.07, 6.45) is 0.409. The molecule has 1 amide bonds. The standard InChI is InChI=1S/C16H20F3N5O/c1-11-8-22(2)15(20-11)12-4-3-6-23(9-12)14(25)10-24-7-5-13(21-24)16(17,18)19/h5,7-8,12H,3-4,6,9-10H2,1-2H3/t12-/m1/s1. The highest BCUT2D eigenvalue weighted by Crippen LogP contribution is 2.28. The van der Waals surface area contributed by atoms with E-state index in [1.165, 1.54) is 6.20 Å². The number of hydrogen-bond donors (Lipinski definition) is 0. The van der Waals surface area contributed by atoms with Gasteiger partial charge in [0.25, 0.3) is 0 Å². The van der Waals surface area contributed by atoms with E-state index in [0.29, 0.717) is 13.1 Å². The van der Waals surface area contributed by atoms with E-state index in [1.54, 1.807) is 4.90 Å². The van der Waals surface area contributed by atoms with E-state index in [9.17, 15) is 18.0 Å². The van der Waals surface area contributed by atoms with Gasteiger partial charge in [-0.05, 0) is 25.8 Å². The van der Waals surface area contributed by atoms with Gasteiger partial charge < -0.3 is 9.47 Å². The quantitative estimate of drug-likeness (QED) is 0.849. The fraction of sp³-hybridized carbons (Fsp3) is 0.562. The normalized spacial score (nSPS) is 18.6. The van der Waals surface area contributed by atoms with E-state index < -0.39 is 11.9 Å². The number of amides is 1. The van der Waals surface area contributed by atoms with E-state index in [0.717, 1.165) is 35.1 Å². The molecule has 0 saturated carbocycles. The minimum Gasteiger partial charge on any atom is -0.340 e. The molecule has 2 aromatic heterocycles. The van der Waals surface area contributed by atoms with E-state index >= 15 is 0 Å². The maximum Gasteiger partial charge on any atom is 0.435 e. The first-order valence-electron chi connectivity index (χ1n) is 8.12. The van der Waals surface area contributed by atoms with Crippen molar-refractivity contribution in [3.63, 3.8) is 0 Å². The van der Waals surface area contributed by atoms with Gasteiger partial charge in [-0.25, -0.2) is 4.98 Å². The van der Waals surface area contributed by atoms with Crippen molar-refractivity contribution in [2.75, 3.05) is 13.1 Å². The van der Waals surface area contributed by atoms with Crippen LogP contribution < -0.4 is 0 Å². The average Bonchev–Trinajstić information content (AvgIpc) is 3.13. The summed E-state index contributed by atoms with van der Waals surface area (Å²) in [6.45, 7) is 2.86. The number of nitrogens with zero attached hydrogens (tertiary/aromatic N) is 5. The first-order chi connectivity index (χ1) is 11.7. The van der Waals surface area contributed by atoms with Crippen molar-refractivity contribution in [1.29, 1.82) is 0 Å². The molecule has 9 heteroatoms. The lowest BCUT2D eigenvalue weighted by Crippen LogP contribution is -2.41. The van der Waals surface area contributed by atoms with Gasteiger partial charge in [-0.2, -0.15) is 18.3 Å². The van der Waals surface area contributed by atoms with Gasteiger partial charge in [0.1, 0.15) is 12.4 Å². The number of rotatable bonds is 3. The van der Waals surface area contributed by atoms with Gasteiger partial charge in [-0.3, -0.25) is 9.48 Å². The minimum atomic E-state index is -4.50. The zero-order valence-electron chi connectivity index (χ0n) is 14.1. The number of imidazole rings is 1. The molecule has 0 bridgehead atoms. The molecule has 1 atom stereocenters. The Labute approximate surface area is 143 Å². The molecule has 6 nitrogen and oxygen atoms in total. The Bertz CT molecular complexity index is 764. The van der Waals surface area contributed by atoms with Crippen molar-refractivity contribution >= 4 is 5.91 Å². The summed E-state index contributed by atoms with van der Waals surface area (Å²) < 4.78 is 40.8. The predicted octanol–water partition coefficient (Wildman–Crippen LogP) is 2.35. The van der Waals surface area contributed by atoms with Crippen molar-refractivity contribution in [3.05, 3.63) is 35.7 Å². The lowest BCUT2D eigenvalue weighted by molar-refractivity contribution is -0.142. The summed E-state index contributed by atoms with van der Waals surface area (Å²) in [5.74, 6) is 0.848. The van der Waals surface area contributed by atoms with Crippen LogP contribution in [0.15, 0.2) is 18.5 Å². The molecule has 0 unspecified atom stereocenters. The third-order valence-electron chi connectivity index (χ3n) is 4.40. The highest BCUT2D eigenvalue weighted by atomic mass is 19.4. The Morgan fingerprint density at radius 2 is 2.16 bits per heavy atom. The average molecular weight is 355 g/mol. The first-order valence-corrected chi connectivity index (χ1v) is 8.12. The topological polar surface area (TPSA) is 56.0 Å². The zero-order chi connectivity index (χ0) is 18.2. The largest absolute Gasteiger partial charge is 0.435 e. The van der Waals surface area contributed by atoms with Crippen LogP contribution in [0.1, 0.15) is 36.0 Å². The second-order valence-corrected chi connectivity index (χ2v) is 6.43. The molecule has 136 valence electrons. The van der Waals surface area contributed by atoms with E-state index in [4.69, 9.17) is 0 Å². The van der Waals surface area contributed by atoms with Crippen LogP contribution in [0.3, 0.4) is 0 Å². The molecular weight excluding hydrogens is 335 g/mol. The molecule has 25 heavy (non-hydrogen) atoms. The van der Waals surface area contributed by atoms with Crippen LogP contribution in [0, 0.1) is 6.92 Å². The fourth-order valence-electron chi connectivity index (χ4n) is 3.27. The van der Waals surface area contributed by atoms with Crippen LogP contribution >= 0.6 is 0 Å². The summed E-state index contributed by atoms with van der Waals surface area (Å²) in [5.41, 5.74) is -0.0579. The summed E-state index contributed by atoms with van der Waals surface area (Å²) in [4.78, 5) is 18.7. The number of halogens is 3. The highest BCUT2D eigenvalue weighted by Gasteiger charge is 2.34. The van der Waals surface area contributed by atoms with Crippen molar-refractivity contribution in [2.45, 2.75) is 38.4 Å². The number of likely N-dealkylation sites (tertiary alicyclic amines) is 1. The van der Waals surface area contributed by atoms with Gasteiger partial charge in [0.15, 0.2) is 5.69 Å². The number of aryl methyl sites for hydroxylation is 2. The molecule has 0 N–H and O–H groups in total. The summed E-state index contributed by atoms with van der Waals surface area (Å²) in [7, 11) is 1.93. The summed E-state index contributed by atoms with van der Waals surface area (Å²) in [6, 6.07) is 0.878. The Morgan fingerprint density at radius 3 is 2.76 bits per heavy atom. The molecule has 0 spiro atoms. The maximum atomic E-state index is 12.6. The van der Waals surface area contributed by atoms with Crippen LogP contribution in [0.2, 0.25) is 0 Å². The molecule has 0 aliphatic carbocycles. The summed E-state index contributed by atoms with van der Waals surface area (Å²) >= 11 is 0. The lowest BCUT2D eigenvalue weighted by atomic mass is 9.97. The number of alkyl halides is 3. The van der Waals surface area contributed by atoms with E-state index in [1.807, 2.05) is 24.7 Å². The van der Waals surface area contributed by atoms with Crippen LogP contribution in [0.4, 0.5) is 13.2 Å². The van der Waals surface area contributed by atoms with Gasteiger partial charge in [0.05, 0.1) is 5.69 Å². The lowest BCUT2D eigenvalue weighted by Gasteiger charge is -2.32. The van der Waals surface area contributed by atoms with Gasteiger partial charge in [-0.15, -0.1) is 0 Å². The maximum absolute atomic E-state index is 12.6. The second kappa shape index (κ2) is 6.53. The smallest absolute Gasteiger partial charge is 0.340 e. The highest BCUT2D eigenvalue weighted by molar-refractivity contribution is 5.76. The van der Waals surface area contributed by atoms with Crippen molar-refractivity contribution in [3.8, 4) is 0 Å². The first kappa shape index (κ1) is 17.5. The number of piperidine rings is 1. The van der Waals surface area contributed by atoms with Crippen LogP contribution in [0.5, 0.6) is 0 Å². The van der Waals surface area contributed by atoms with Gasteiger partial charge in [-0.1, -0.05) is 0 Å². The Balaban J connectivity index is 1.66. The molecule has 1 aliphatic rings. The minimum absolute atomic E-state index is 0.139. The fourth-order valence-corrected chi connectivity index (χ4v) is 3.27. The Morgan fingerprint density at radius 1 is 1.40 bits per heavy atom. The number of hydrogen-bond acceptors (Lipinski definition) is 3. The molecule has 1 fully saturated rings. The number of aromatic nitrogens is 4. The Kier molecular flexibility index (Phi) is 4.57. The van der Waals surface area contributed by atoms with Crippen molar-refractivity contribution < 1.29 is 18.0 Å². The SMILES string of the molecule is Cc1cn(C)c([C@@H]2CCCN(C(=O)Cn3ccc(C(F)(F)F)n3)C2)n1. The Hall–Kier alpha value is -2.32. The van der Waals surface area contributed by atoms with Crippen molar-refractivity contribution in [2.24, 2.45) is 7.05 Å². The molecule has 3 rings (SSSR count). The number of carbonyl (C=O) groups excluding carboxylic acids is 1. The van der Waals surface area contributed by atoms with E-state index in [-0.39, 0.29) is 18.4 Å². The monoisotopic (exact) mass is 355 g/mol. The number of carbonyl (C=O) groups is 1. The van der Waals surface area contributed by atoms with Crippen molar-refractivity contribution in [1.82, 2.24) is 24.2 Å². The van der Waals surface area contributed by atoms with Crippen LogP contribution in [-0.2, 0) is 24.6 Å². The molecule has 1 saturated heterocycles. The van der Waals surface area contributed by atoms with Gasteiger partial charge in [0.2, 0.25) is 5.91 Å². The third kappa shape index (κ3) is 3.85. The third-order valence-corrected chi connectivity index (χ3v) is 4.40. The molecule has 2 aromatic rings. The van der Waals surface area contributed by atoms with Gasteiger partial charge in [0, 0.05) is 38.4 Å². The van der Waals surface area contributed by atoms with Gasteiger partial charge >= 0.3 is 6.18 Å². The molecule has 0 aromatic carbocycles. The zero-order valence-corrected chi connectivity index (χ0v) is 14.1.